The third-order valence-electron chi connectivity index (χ3n) is 1.87. The zero-order chi connectivity index (χ0) is 9.45. The van der Waals surface area contributed by atoms with E-state index >= 15 is 0 Å². The van der Waals surface area contributed by atoms with Crippen LogP contribution in [0.25, 0.3) is 0 Å². The first-order chi connectivity index (χ1) is 5.62. The van der Waals surface area contributed by atoms with Crippen LogP contribution >= 0.6 is 0 Å². The molecule has 0 heterocycles. The van der Waals surface area contributed by atoms with Gasteiger partial charge in [-0.1, -0.05) is 0 Å². The molecule has 74 valence electrons. The minimum atomic E-state index is -0.223. The number of hydrogen-bond acceptors (Lipinski definition) is 3. The van der Waals surface area contributed by atoms with Crippen molar-refractivity contribution in [3.63, 3.8) is 0 Å². The summed E-state index contributed by atoms with van der Waals surface area (Å²) >= 11 is 0. The first kappa shape index (κ1) is 11.9. The van der Waals surface area contributed by atoms with Crippen LogP contribution in [-0.4, -0.2) is 31.1 Å². The number of aliphatic hydroxyl groups excluding tert-OH is 1. The SMILES string of the molecule is CNC(C)(C)OCCCCCO. The molecule has 0 aromatic carbocycles. The summed E-state index contributed by atoms with van der Waals surface area (Å²) in [6.45, 7) is 5.04. The van der Waals surface area contributed by atoms with Crippen LogP contribution < -0.4 is 5.32 Å². The first-order valence-corrected chi connectivity index (χ1v) is 4.56. The maximum Gasteiger partial charge on any atom is 0.113 e. The molecule has 3 heteroatoms. The smallest absolute Gasteiger partial charge is 0.113 e. The second-order valence-electron chi connectivity index (χ2n) is 3.39. The molecule has 0 saturated carbocycles. The van der Waals surface area contributed by atoms with E-state index in [0.717, 1.165) is 25.9 Å². The molecule has 2 N–H and O–H groups in total. The van der Waals surface area contributed by atoms with Gasteiger partial charge in [-0.2, -0.15) is 0 Å². The van der Waals surface area contributed by atoms with E-state index in [1.54, 1.807) is 0 Å². The van der Waals surface area contributed by atoms with Gasteiger partial charge in [0.25, 0.3) is 0 Å². The molecule has 0 atom stereocenters. The number of hydrogen-bond donors (Lipinski definition) is 2. The van der Waals surface area contributed by atoms with Gasteiger partial charge in [0.05, 0.1) is 0 Å². The fraction of sp³-hybridized carbons (Fsp3) is 1.00. The summed E-state index contributed by atoms with van der Waals surface area (Å²) in [5, 5.41) is 11.6. The van der Waals surface area contributed by atoms with Crippen molar-refractivity contribution in [2.45, 2.75) is 38.8 Å². The van der Waals surface area contributed by atoms with Crippen molar-refractivity contribution in [3.05, 3.63) is 0 Å². The molecule has 0 bridgehead atoms. The van der Waals surface area contributed by atoms with Gasteiger partial charge >= 0.3 is 0 Å². The minimum Gasteiger partial charge on any atom is -0.396 e. The molecule has 0 aliphatic rings. The maximum atomic E-state index is 8.52. The Morgan fingerprint density at radius 2 is 1.92 bits per heavy atom. The number of unbranched alkanes of at least 4 members (excludes halogenated alkanes) is 2. The maximum absolute atomic E-state index is 8.52. The Kier molecular flexibility index (Phi) is 6.34. The molecular formula is C9H21NO2. The van der Waals surface area contributed by atoms with Crippen molar-refractivity contribution in [1.29, 1.82) is 0 Å². The van der Waals surface area contributed by atoms with Crippen LogP contribution in [0.15, 0.2) is 0 Å². The Labute approximate surface area is 75.1 Å². The fourth-order valence-electron chi connectivity index (χ4n) is 0.790. The van der Waals surface area contributed by atoms with Gasteiger partial charge in [0.15, 0.2) is 0 Å². The number of ether oxygens (including phenoxy) is 1. The second kappa shape index (κ2) is 6.40. The largest absolute Gasteiger partial charge is 0.396 e. The normalized spacial score (nSPS) is 12.0. The van der Waals surface area contributed by atoms with Crippen molar-refractivity contribution in [1.82, 2.24) is 5.32 Å². The van der Waals surface area contributed by atoms with Crippen LogP contribution in [0.2, 0.25) is 0 Å². The summed E-state index contributed by atoms with van der Waals surface area (Å²) in [5.74, 6) is 0. The molecular weight excluding hydrogens is 154 g/mol. The van der Waals surface area contributed by atoms with Crippen LogP contribution in [0.4, 0.5) is 0 Å². The van der Waals surface area contributed by atoms with E-state index in [-0.39, 0.29) is 12.3 Å². The van der Waals surface area contributed by atoms with Crippen LogP contribution in [0, 0.1) is 0 Å². The molecule has 12 heavy (non-hydrogen) atoms. The van der Waals surface area contributed by atoms with Crippen molar-refractivity contribution < 1.29 is 9.84 Å². The Bertz CT molecular complexity index is 105. The quantitative estimate of drug-likeness (QED) is 0.450. The van der Waals surface area contributed by atoms with Crippen molar-refractivity contribution in [2.24, 2.45) is 0 Å². The lowest BCUT2D eigenvalue weighted by Gasteiger charge is -2.24. The topological polar surface area (TPSA) is 41.5 Å². The molecule has 0 fully saturated rings. The summed E-state index contributed by atoms with van der Waals surface area (Å²) < 4.78 is 5.53. The molecule has 3 nitrogen and oxygen atoms in total. The molecule has 0 radical (unpaired) electrons. The van der Waals surface area contributed by atoms with Gasteiger partial charge in [-0.15, -0.1) is 0 Å². The highest BCUT2D eigenvalue weighted by Crippen LogP contribution is 2.05. The third-order valence-corrected chi connectivity index (χ3v) is 1.87. The van der Waals surface area contributed by atoms with Crippen LogP contribution in [0.1, 0.15) is 33.1 Å². The van der Waals surface area contributed by atoms with E-state index in [2.05, 4.69) is 5.32 Å². The lowest BCUT2D eigenvalue weighted by Crippen LogP contribution is -2.39. The van der Waals surface area contributed by atoms with E-state index in [1.807, 2.05) is 20.9 Å². The van der Waals surface area contributed by atoms with Crippen molar-refractivity contribution in [3.8, 4) is 0 Å². The van der Waals surface area contributed by atoms with Gasteiger partial charge < -0.3 is 9.84 Å². The molecule has 0 unspecified atom stereocenters. The monoisotopic (exact) mass is 175 g/mol. The molecule has 0 aliphatic carbocycles. The molecule has 0 aromatic rings. The van der Waals surface area contributed by atoms with Crippen LogP contribution in [0.5, 0.6) is 0 Å². The Balaban J connectivity index is 3.19. The predicted molar refractivity (Wildman–Crippen MR) is 50.0 cm³/mol. The molecule has 0 aromatic heterocycles. The number of aliphatic hydroxyl groups is 1. The highest BCUT2D eigenvalue weighted by molar-refractivity contribution is 4.60. The number of nitrogens with one attached hydrogen (secondary N) is 1. The second-order valence-corrected chi connectivity index (χ2v) is 3.39. The van der Waals surface area contributed by atoms with Gasteiger partial charge in [-0.25, -0.2) is 0 Å². The van der Waals surface area contributed by atoms with Gasteiger partial charge in [0.2, 0.25) is 0 Å². The van der Waals surface area contributed by atoms with Crippen molar-refractivity contribution in [2.75, 3.05) is 20.3 Å². The Morgan fingerprint density at radius 3 is 2.42 bits per heavy atom. The lowest BCUT2D eigenvalue weighted by molar-refractivity contribution is -0.0391. The summed E-state index contributed by atoms with van der Waals surface area (Å²) in [6.07, 6.45) is 2.94. The van der Waals surface area contributed by atoms with Crippen molar-refractivity contribution >= 4 is 0 Å². The van der Waals surface area contributed by atoms with E-state index in [1.165, 1.54) is 0 Å². The summed E-state index contributed by atoms with van der Waals surface area (Å²) in [7, 11) is 1.88. The van der Waals surface area contributed by atoms with Gasteiger partial charge in [0.1, 0.15) is 5.72 Å². The van der Waals surface area contributed by atoms with Crippen LogP contribution in [-0.2, 0) is 4.74 Å². The zero-order valence-electron chi connectivity index (χ0n) is 8.39. The molecule has 0 saturated heterocycles. The zero-order valence-corrected chi connectivity index (χ0v) is 8.39. The van der Waals surface area contributed by atoms with Gasteiger partial charge in [-0.3, -0.25) is 5.32 Å². The van der Waals surface area contributed by atoms with E-state index in [4.69, 9.17) is 9.84 Å². The average molecular weight is 175 g/mol. The summed E-state index contributed by atoms with van der Waals surface area (Å²) in [4.78, 5) is 0. The summed E-state index contributed by atoms with van der Waals surface area (Å²) in [5.41, 5.74) is -0.223. The standard InChI is InChI=1S/C9H21NO2/c1-9(2,10-3)12-8-6-4-5-7-11/h10-11H,4-8H2,1-3H3. The average Bonchev–Trinajstić information content (AvgIpc) is 2.04. The number of rotatable bonds is 7. The van der Waals surface area contributed by atoms with E-state index in [9.17, 15) is 0 Å². The summed E-state index contributed by atoms with van der Waals surface area (Å²) in [6, 6.07) is 0. The fourth-order valence-corrected chi connectivity index (χ4v) is 0.790. The van der Waals surface area contributed by atoms with E-state index in [0.29, 0.717) is 0 Å². The first-order valence-electron chi connectivity index (χ1n) is 4.56. The van der Waals surface area contributed by atoms with Gasteiger partial charge in [0, 0.05) is 13.2 Å². The third kappa shape index (κ3) is 6.58. The highest BCUT2D eigenvalue weighted by atomic mass is 16.5. The Morgan fingerprint density at radius 1 is 1.25 bits per heavy atom. The lowest BCUT2D eigenvalue weighted by atomic mass is 10.2. The van der Waals surface area contributed by atoms with E-state index < -0.39 is 0 Å². The highest BCUT2D eigenvalue weighted by Gasteiger charge is 2.13. The van der Waals surface area contributed by atoms with Crippen LogP contribution in [0.3, 0.4) is 0 Å². The van der Waals surface area contributed by atoms with Gasteiger partial charge in [-0.05, 0) is 40.2 Å². The molecule has 0 aliphatic heterocycles. The minimum absolute atomic E-state index is 0.223. The predicted octanol–water partition coefficient (Wildman–Crippen LogP) is 1.12. The molecule has 0 amide bonds. The molecule has 0 spiro atoms. The Hall–Kier alpha value is -0.120. The molecule has 0 rings (SSSR count).